The van der Waals surface area contributed by atoms with Crippen LogP contribution in [0.15, 0.2) is 24.3 Å². The van der Waals surface area contributed by atoms with Gasteiger partial charge in [-0.15, -0.1) is 0 Å². The highest BCUT2D eigenvalue weighted by molar-refractivity contribution is 6.03. The number of nitrogens with one attached hydrogen (secondary N) is 3. The molecular weight excluding hydrogens is 301 g/mol. The smallest absolute Gasteiger partial charge is 0.286 e. The number of aromatic amines is 1. The number of carbonyl (C=O) groups is 3. The summed E-state index contributed by atoms with van der Waals surface area (Å²) in [7, 11) is 0. The van der Waals surface area contributed by atoms with Crippen LogP contribution in [0.25, 0.3) is 0 Å². The van der Waals surface area contributed by atoms with E-state index in [4.69, 9.17) is 0 Å². The number of amides is 2. The fourth-order valence-corrected chi connectivity index (χ4v) is 2.35. The van der Waals surface area contributed by atoms with Gasteiger partial charge in [0.2, 0.25) is 0 Å². The van der Waals surface area contributed by atoms with Gasteiger partial charge in [-0.1, -0.05) is 0 Å². The summed E-state index contributed by atoms with van der Waals surface area (Å²) in [5.74, 6) is -1.76. The van der Waals surface area contributed by atoms with E-state index in [9.17, 15) is 18.8 Å². The molecule has 0 spiro atoms. The van der Waals surface area contributed by atoms with Crippen molar-refractivity contribution in [3.8, 4) is 0 Å². The van der Waals surface area contributed by atoms with Gasteiger partial charge in [0.05, 0.1) is 0 Å². The molecule has 23 heavy (non-hydrogen) atoms. The van der Waals surface area contributed by atoms with Gasteiger partial charge in [-0.2, -0.15) is 0 Å². The third-order valence-electron chi connectivity index (χ3n) is 3.41. The second-order valence-electron chi connectivity index (χ2n) is 5.10. The summed E-state index contributed by atoms with van der Waals surface area (Å²) < 4.78 is 12.8. The van der Waals surface area contributed by atoms with Crippen LogP contribution in [0.4, 0.5) is 4.39 Å². The van der Waals surface area contributed by atoms with Gasteiger partial charge in [-0.3, -0.25) is 25.2 Å². The number of rotatable bonds is 3. The summed E-state index contributed by atoms with van der Waals surface area (Å²) in [6, 6.07) is 4.89. The Morgan fingerprint density at radius 1 is 1.00 bits per heavy atom. The van der Waals surface area contributed by atoms with E-state index in [1.54, 1.807) is 13.8 Å². The maximum Gasteiger partial charge on any atom is 0.286 e. The largest absolute Gasteiger partial charge is 0.354 e. The van der Waals surface area contributed by atoms with Crippen molar-refractivity contribution in [1.29, 1.82) is 0 Å². The average Bonchev–Trinajstić information content (AvgIpc) is 2.80. The van der Waals surface area contributed by atoms with Crippen LogP contribution in [-0.2, 0) is 0 Å². The molecule has 7 heteroatoms. The van der Waals surface area contributed by atoms with Crippen molar-refractivity contribution in [1.82, 2.24) is 15.8 Å². The Morgan fingerprint density at radius 3 is 2.09 bits per heavy atom. The van der Waals surface area contributed by atoms with E-state index < -0.39 is 17.6 Å². The number of H-pyrrole nitrogens is 1. The van der Waals surface area contributed by atoms with Crippen LogP contribution in [0.2, 0.25) is 0 Å². The van der Waals surface area contributed by atoms with Gasteiger partial charge in [-0.25, -0.2) is 4.39 Å². The lowest BCUT2D eigenvalue weighted by molar-refractivity contribution is 0.0843. The summed E-state index contributed by atoms with van der Waals surface area (Å²) in [6.07, 6.45) is 0. The number of ketones is 1. The quantitative estimate of drug-likeness (QED) is 0.597. The molecule has 1 aromatic heterocycles. The van der Waals surface area contributed by atoms with E-state index in [1.807, 2.05) is 0 Å². The molecule has 0 saturated carbocycles. The van der Waals surface area contributed by atoms with Crippen molar-refractivity contribution in [3.63, 3.8) is 0 Å². The molecule has 1 aromatic carbocycles. The van der Waals surface area contributed by atoms with Crippen molar-refractivity contribution in [2.75, 3.05) is 0 Å². The SMILES string of the molecule is CC(=O)c1c(C)[nH]c(C(=O)NNC(=O)c2ccc(F)cc2)c1C. The minimum Gasteiger partial charge on any atom is -0.354 e. The molecule has 0 atom stereocenters. The number of hydrogen-bond donors (Lipinski definition) is 3. The molecule has 0 unspecified atom stereocenters. The lowest BCUT2D eigenvalue weighted by Crippen LogP contribution is -2.42. The fourth-order valence-electron chi connectivity index (χ4n) is 2.35. The molecule has 3 N–H and O–H groups in total. The first kappa shape index (κ1) is 16.4. The first-order valence-corrected chi connectivity index (χ1v) is 6.87. The molecule has 6 nitrogen and oxygen atoms in total. The zero-order chi connectivity index (χ0) is 17.1. The lowest BCUT2D eigenvalue weighted by atomic mass is 10.1. The second-order valence-corrected chi connectivity index (χ2v) is 5.10. The highest BCUT2D eigenvalue weighted by atomic mass is 19.1. The maximum absolute atomic E-state index is 12.8. The summed E-state index contributed by atoms with van der Waals surface area (Å²) in [5.41, 5.74) is 6.46. The van der Waals surface area contributed by atoms with E-state index in [0.717, 1.165) is 12.1 Å². The Hall–Kier alpha value is -2.96. The number of benzene rings is 1. The molecule has 2 aromatic rings. The van der Waals surface area contributed by atoms with Gasteiger partial charge >= 0.3 is 0 Å². The number of aryl methyl sites for hydroxylation is 1. The number of hydrazine groups is 1. The Labute approximate surface area is 132 Å². The molecule has 2 amide bonds. The molecule has 0 aliphatic rings. The van der Waals surface area contributed by atoms with Crippen LogP contribution in [0.5, 0.6) is 0 Å². The van der Waals surface area contributed by atoms with Gasteiger partial charge in [0.1, 0.15) is 11.5 Å². The van der Waals surface area contributed by atoms with Gasteiger partial charge in [0.15, 0.2) is 5.78 Å². The van der Waals surface area contributed by atoms with E-state index in [0.29, 0.717) is 16.8 Å². The summed E-state index contributed by atoms with van der Waals surface area (Å²) in [4.78, 5) is 38.3. The van der Waals surface area contributed by atoms with Gasteiger partial charge in [-0.05, 0) is 50.6 Å². The zero-order valence-electron chi connectivity index (χ0n) is 12.9. The molecule has 0 saturated heterocycles. The van der Waals surface area contributed by atoms with Gasteiger partial charge in [0, 0.05) is 16.8 Å². The Balaban J connectivity index is 2.08. The molecule has 0 fully saturated rings. The minimum atomic E-state index is -0.578. The van der Waals surface area contributed by atoms with Crippen LogP contribution in [-0.4, -0.2) is 22.6 Å². The molecular formula is C16H16FN3O3. The van der Waals surface area contributed by atoms with Crippen molar-refractivity contribution in [2.45, 2.75) is 20.8 Å². The Kier molecular flexibility index (Phi) is 4.59. The molecule has 2 rings (SSSR count). The number of hydrogen-bond acceptors (Lipinski definition) is 3. The first-order valence-electron chi connectivity index (χ1n) is 6.87. The predicted molar refractivity (Wildman–Crippen MR) is 81.6 cm³/mol. The van der Waals surface area contributed by atoms with E-state index >= 15 is 0 Å². The lowest BCUT2D eigenvalue weighted by Gasteiger charge is -2.07. The standard InChI is InChI=1S/C16H16FN3O3/c1-8-13(10(3)21)9(2)18-14(8)16(23)20-19-15(22)11-4-6-12(17)7-5-11/h4-7,18H,1-3H3,(H,19,22)(H,20,23). The van der Waals surface area contributed by atoms with Crippen molar-refractivity contribution >= 4 is 17.6 Å². The van der Waals surface area contributed by atoms with Crippen LogP contribution in [0, 0.1) is 19.7 Å². The number of Topliss-reactive ketones (excluding diaryl/α,β-unsaturated/α-hetero) is 1. The van der Waals surface area contributed by atoms with E-state index in [-0.39, 0.29) is 17.0 Å². The molecule has 120 valence electrons. The van der Waals surface area contributed by atoms with Crippen molar-refractivity contribution < 1.29 is 18.8 Å². The summed E-state index contributed by atoms with van der Waals surface area (Å²) in [5, 5.41) is 0. The first-order chi connectivity index (χ1) is 10.8. The third kappa shape index (κ3) is 3.45. The third-order valence-corrected chi connectivity index (χ3v) is 3.41. The molecule has 0 aliphatic carbocycles. The van der Waals surface area contributed by atoms with Gasteiger partial charge in [0.25, 0.3) is 11.8 Å². The maximum atomic E-state index is 12.8. The van der Waals surface area contributed by atoms with Gasteiger partial charge < -0.3 is 4.98 Å². The number of aromatic nitrogens is 1. The zero-order valence-corrected chi connectivity index (χ0v) is 12.9. The fraction of sp³-hybridized carbons (Fsp3) is 0.188. The highest BCUT2D eigenvalue weighted by Crippen LogP contribution is 2.18. The average molecular weight is 317 g/mol. The summed E-state index contributed by atoms with van der Waals surface area (Å²) >= 11 is 0. The topological polar surface area (TPSA) is 91.1 Å². The van der Waals surface area contributed by atoms with Crippen LogP contribution in [0.1, 0.15) is 49.4 Å². The highest BCUT2D eigenvalue weighted by Gasteiger charge is 2.20. The second kappa shape index (κ2) is 6.43. The van der Waals surface area contributed by atoms with Crippen LogP contribution >= 0.6 is 0 Å². The minimum absolute atomic E-state index is 0.148. The molecule has 0 radical (unpaired) electrons. The van der Waals surface area contributed by atoms with Crippen molar-refractivity contribution in [3.05, 3.63) is 58.2 Å². The summed E-state index contributed by atoms with van der Waals surface area (Å²) in [6.45, 7) is 4.76. The number of halogens is 1. The van der Waals surface area contributed by atoms with Crippen LogP contribution < -0.4 is 10.9 Å². The molecule has 0 aliphatic heterocycles. The monoisotopic (exact) mass is 317 g/mol. The Bertz CT molecular complexity index is 779. The molecule has 1 heterocycles. The van der Waals surface area contributed by atoms with Crippen LogP contribution in [0.3, 0.4) is 0 Å². The van der Waals surface area contributed by atoms with Crippen molar-refractivity contribution in [2.24, 2.45) is 0 Å². The van der Waals surface area contributed by atoms with E-state index in [2.05, 4.69) is 15.8 Å². The Morgan fingerprint density at radius 2 is 1.57 bits per heavy atom. The predicted octanol–water partition coefficient (Wildman–Crippen LogP) is 2.05. The van der Waals surface area contributed by atoms with E-state index in [1.165, 1.54) is 19.1 Å². The number of carbonyl (C=O) groups excluding carboxylic acids is 3. The normalized spacial score (nSPS) is 10.3. The molecule has 0 bridgehead atoms.